The van der Waals surface area contributed by atoms with Gasteiger partial charge in [0.1, 0.15) is 0 Å². The standard InChI is InChI=1S/C14H28N2O/c1-17-11-5-8-15-12-13-6-4-10-16-9-3-2-7-14(13)16/h13-15H,2-12H2,1H3. The van der Waals surface area contributed by atoms with Gasteiger partial charge in [-0.2, -0.15) is 0 Å². The van der Waals surface area contributed by atoms with Gasteiger partial charge in [0.2, 0.25) is 0 Å². The molecule has 1 N–H and O–H groups in total. The van der Waals surface area contributed by atoms with Gasteiger partial charge in [0.05, 0.1) is 0 Å². The summed E-state index contributed by atoms with van der Waals surface area (Å²) in [6.07, 6.45) is 8.27. The molecule has 0 radical (unpaired) electrons. The second-order valence-corrected chi connectivity index (χ2v) is 5.55. The van der Waals surface area contributed by atoms with E-state index in [-0.39, 0.29) is 0 Å². The maximum Gasteiger partial charge on any atom is 0.0474 e. The average molecular weight is 240 g/mol. The molecule has 2 fully saturated rings. The van der Waals surface area contributed by atoms with Crippen molar-refractivity contribution in [2.75, 3.05) is 39.9 Å². The molecule has 2 aliphatic rings. The fourth-order valence-electron chi connectivity index (χ4n) is 3.44. The first kappa shape index (κ1) is 13.3. The Bertz CT molecular complexity index is 208. The van der Waals surface area contributed by atoms with Gasteiger partial charge in [-0.1, -0.05) is 6.42 Å². The van der Waals surface area contributed by atoms with E-state index in [1.54, 1.807) is 7.11 Å². The number of nitrogens with one attached hydrogen (secondary N) is 1. The summed E-state index contributed by atoms with van der Waals surface area (Å²) in [6.45, 7) is 5.91. The van der Waals surface area contributed by atoms with Crippen LogP contribution in [0.3, 0.4) is 0 Å². The lowest BCUT2D eigenvalue weighted by molar-refractivity contribution is 0.0593. The second-order valence-electron chi connectivity index (χ2n) is 5.55. The van der Waals surface area contributed by atoms with Crippen LogP contribution < -0.4 is 5.32 Å². The predicted molar refractivity (Wildman–Crippen MR) is 71.3 cm³/mol. The van der Waals surface area contributed by atoms with Crippen molar-refractivity contribution < 1.29 is 4.74 Å². The molecule has 2 aliphatic heterocycles. The highest BCUT2D eigenvalue weighted by atomic mass is 16.5. The predicted octanol–water partition coefficient (Wildman–Crippen LogP) is 1.88. The van der Waals surface area contributed by atoms with Crippen molar-refractivity contribution in [2.45, 2.75) is 44.6 Å². The first-order valence-corrected chi connectivity index (χ1v) is 7.35. The van der Waals surface area contributed by atoms with Crippen LogP contribution in [0.1, 0.15) is 38.5 Å². The molecule has 0 aromatic carbocycles. The monoisotopic (exact) mass is 240 g/mol. The van der Waals surface area contributed by atoms with E-state index < -0.39 is 0 Å². The van der Waals surface area contributed by atoms with Crippen molar-refractivity contribution in [1.82, 2.24) is 10.2 Å². The lowest BCUT2D eigenvalue weighted by atomic mass is 9.83. The van der Waals surface area contributed by atoms with E-state index in [1.807, 2.05) is 0 Å². The van der Waals surface area contributed by atoms with Crippen LogP contribution in [0.4, 0.5) is 0 Å². The van der Waals surface area contributed by atoms with Crippen molar-refractivity contribution in [1.29, 1.82) is 0 Å². The molecule has 3 nitrogen and oxygen atoms in total. The Morgan fingerprint density at radius 2 is 2.06 bits per heavy atom. The van der Waals surface area contributed by atoms with Gasteiger partial charge in [0.25, 0.3) is 0 Å². The SMILES string of the molecule is COCCCNCC1CCCN2CCCCC12. The maximum absolute atomic E-state index is 5.07. The van der Waals surface area contributed by atoms with E-state index >= 15 is 0 Å². The van der Waals surface area contributed by atoms with Gasteiger partial charge in [0.15, 0.2) is 0 Å². The van der Waals surface area contributed by atoms with Gasteiger partial charge >= 0.3 is 0 Å². The fourth-order valence-corrected chi connectivity index (χ4v) is 3.44. The highest BCUT2D eigenvalue weighted by molar-refractivity contribution is 4.87. The van der Waals surface area contributed by atoms with Crippen molar-refractivity contribution >= 4 is 0 Å². The molecule has 3 heteroatoms. The molecule has 0 aliphatic carbocycles. The maximum atomic E-state index is 5.07. The highest BCUT2D eigenvalue weighted by Gasteiger charge is 2.32. The van der Waals surface area contributed by atoms with Crippen LogP contribution in [-0.2, 0) is 4.74 Å². The molecule has 2 atom stereocenters. The van der Waals surface area contributed by atoms with Crippen molar-refractivity contribution in [2.24, 2.45) is 5.92 Å². The van der Waals surface area contributed by atoms with Gasteiger partial charge in [-0.05, 0) is 64.2 Å². The van der Waals surface area contributed by atoms with Gasteiger partial charge in [0, 0.05) is 19.8 Å². The third kappa shape index (κ3) is 3.94. The number of nitrogens with zero attached hydrogens (tertiary/aromatic N) is 1. The largest absolute Gasteiger partial charge is 0.385 e. The molecular formula is C14H28N2O. The first-order chi connectivity index (χ1) is 8.42. The summed E-state index contributed by atoms with van der Waals surface area (Å²) in [5.74, 6) is 0.895. The minimum Gasteiger partial charge on any atom is -0.385 e. The third-order valence-electron chi connectivity index (χ3n) is 4.34. The number of rotatable bonds is 6. The molecule has 100 valence electrons. The fraction of sp³-hybridized carbons (Fsp3) is 1.00. The Morgan fingerprint density at radius 1 is 1.18 bits per heavy atom. The molecule has 0 bridgehead atoms. The Hall–Kier alpha value is -0.120. The van der Waals surface area contributed by atoms with Gasteiger partial charge in [-0.25, -0.2) is 0 Å². The molecule has 0 spiro atoms. The van der Waals surface area contributed by atoms with E-state index in [9.17, 15) is 0 Å². The van der Waals surface area contributed by atoms with E-state index in [4.69, 9.17) is 4.74 Å². The lowest BCUT2D eigenvalue weighted by Gasteiger charge is -2.44. The normalized spacial score (nSPS) is 30.2. The van der Waals surface area contributed by atoms with E-state index in [1.165, 1.54) is 51.7 Å². The number of ether oxygens (including phenoxy) is 1. The number of hydrogen-bond acceptors (Lipinski definition) is 3. The number of piperidine rings is 2. The molecular weight excluding hydrogens is 212 g/mol. The van der Waals surface area contributed by atoms with E-state index in [0.717, 1.165) is 31.5 Å². The highest BCUT2D eigenvalue weighted by Crippen LogP contribution is 2.30. The second kappa shape index (κ2) is 7.34. The van der Waals surface area contributed by atoms with E-state index in [2.05, 4.69) is 10.2 Å². The molecule has 2 rings (SSSR count). The summed E-state index contributed by atoms with van der Waals surface area (Å²) in [4.78, 5) is 2.74. The quantitative estimate of drug-likeness (QED) is 0.717. The smallest absolute Gasteiger partial charge is 0.0474 e. The van der Waals surface area contributed by atoms with Crippen LogP contribution in [0, 0.1) is 5.92 Å². The molecule has 2 heterocycles. The van der Waals surface area contributed by atoms with Crippen LogP contribution in [-0.4, -0.2) is 50.8 Å². The summed E-state index contributed by atoms with van der Waals surface area (Å²) < 4.78 is 5.07. The van der Waals surface area contributed by atoms with Crippen LogP contribution in [0.5, 0.6) is 0 Å². The zero-order chi connectivity index (χ0) is 11.9. The number of fused-ring (bicyclic) bond motifs is 1. The average Bonchev–Trinajstić information content (AvgIpc) is 2.39. The summed E-state index contributed by atoms with van der Waals surface area (Å²) in [6, 6.07) is 0.882. The molecule has 0 saturated carbocycles. The molecule has 0 aromatic heterocycles. The molecule has 2 saturated heterocycles. The Balaban J connectivity index is 1.67. The van der Waals surface area contributed by atoms with Crippen molar-refractivity contribution in [3.05, 3.63) is 0 Å². The van der Waals surface area contributed by atoms with Crippen LogP contribution in [0.25, 0.3) is 0 Å². The summed E-state index contributed by atoms with van der Waals surface area (Å²) in [5, 5.41) is 3.62. The summed E-state index contributed by atoms with van der Waals surface area (Å²) >= 11 is 0. The zero-order valence-electron chi connectivity index (χ0n) is 11.3. The third-order valence-corrected chi connectivity index (χ3v) is 4.34. The summed E-state index contributed by atoms with van der Waals surface area (Å²) in [7, 11) is 1.78. The lowest BCUT2D eigenvalue weighted by Crippen LogP contribution is -2.50. The van der Waals surface area contributed by atoms with E-state index in [0.29, 0.717) is 0 Å². The molecule has 0 aromatic rings. The Kier molecular flexibility index (Phi) is 5.75. The first-order valence-electron chi connectivity index (χ1n) is 7.35. The van der Waals surface area contributed by atoms with Gasteiger partial charge in [-0.15, -0.1) is 0 Å². The number of hydrogen-bond donors (Lipinski definition) is 1. The van der Waals surface area contributed by atoms with Crippen LogP contribution >= 0.6 is 0 Å². The minimum atomic E-state index is 0.882. The van der Waals surface area contributed by atoms with Gasteiger partial charge < -0.3 is 15.0 Å². The zero-order valence-corrected chi connectivity index (χ0v) is 11.3. The van der Waals surface area contributed by atoms with Crippen molar-refractivity contribution in [3.63, 3.8) is 0 Å². The molecule has 0 amide bonds. The molecule has 17 heavy (non-hydrogen) atoms. The molecule has 2 unspecified atom stereocenters. The van der Waals surface area contributed by atoms with Crippen LogP contribution in [0.2, 0.25) is 0 Å². The van der Waals surface area contributed by atoms with Crippen LogP contribution in [0.15, 0.2) is 0 Å². The van der Waals surface area contributed by atoms with Crippen molar-refractivity contribution in [3.8, 4) is 0 Å². The topological polar surface area (TPSA) is 24.5 Å². The summed E-state index contributed by atoms with van der Waals surface area (Å²) in [5.41, 5.74) is 0. The number of methoxy groups -OCH3 is 1. The Morgan fingerprint density at radius 3 is 2.94 bits per heavy atom. The van der Waals surface area contributed by atoms with Gasteiger partial charge in [-0.3, -0.25) is 0 Å². The minimum absolute atomic E-state index is 0.882. The Labute approximate surface area is 106 Å².